The first kappa shape index (κ1) is 19.3. The van der Waals surface area contributed by atoms with Crippen molar-refractivity contribution in [2.75, 3.05) is 22.7 Å². The predicted molar refractivity (Wildman–Crippen MR) is 104 cm³/mol. The van der Waals surface area contributed by atoms with Crippen molar-refractivity contribution in [3.05, 3.63) is 47.5 Å². The fraction of sp³-hybridized carbons (Fsp3) is 0.278. The maximum atomic E-state index is 12.9. The zero-order valence-electron chi connectivity index (χ0n) is 14.8. The minimum Gasteiger partial charge on any atom is -0.454 e. The van der Waals surface area contributed by atoms with Crippen LogP contribution in [0.5, 0.6) is 11.5 Å². The Morgan fingerprint density at radius 3 is 2.63 bits per heavy atom. The number of nitrogens with zero attached hydrogens (tertiary/aromatic N) is 1. The Kier molecular flexibility index (Phi) is 5.48. The third-order valence-electron chi connectivity index (χ3n) is 4.03. The monoisotopic (exact) mass is 410 g/mol. The van der Waals surface area contributed by atoms with Crippen LogP contribution in [0.2, 0.25) is 5.02 Å². The molecule has 0 aromatic heterocycles. The Bertz CT molecular complexity index is 964. The van der Waals surface area contributed by atoms with E-state index in [-0.39, 0.29) is 13.2 Å². The second-order valence-electron chi connectivity index (χ2n) is 6.02. The van der Waals surface area contributed by atoms with E-state index in [4.69, 9.17) is 21.1 Å². The quantitative estimate of drug-likeness (QED) is 0.790. The number of sulfonamides is 1. The van der Waals surface area contributed by atoms with Crippen LogP contribution in [0.15, 0.2) is 42.5 Å². The van der Waals surface area contributed by atoms with Gasteiger partial charge in [-0.1, -0.05) is 24.6 Å². The Balaban J connectivity index is 1.89. The summed E-state index contributed by atoms with van der Waals surface area (Å²) in [5, 5.41) is 3.13. The molecular weight excluding hydrogens is 392 g/mol. The molecule has 0 bridgehead atoms. The molecule has 1 atom stereocenters. The highest BCUT2D eigenvalue weighted by Crippen LogP contribution is 2.34. The Morgan fingerprint density at radius 1 is 1.22 bits per heavy atom. The Hall–Kier alpha value is -2.45. The Morgan fingerprint density at radius 2 is 1.96 bits per heavy atom. The highest BCUT2D eigenvalue weighted by atomic mass is 35.5. The summed E-state index contributed by atoms with van der Waals surface area (Å²) in [6.45, 7) is 1.87. The Labute approximate surface area is 162 Å². The van der Waals surface area contributed by atoms with Crippen LogP contribution in [0.4, 0.5) is 11.4 Å². The highest BCUT2D eigenvalue weighted by molar-refractivity contribution is 7.92. The van der Waals surface area contributed by atoms with Crippen LogP contribution in [-0.4, -0.2) is 33.4 Å². The van der Waals surface area contributed by atoms with Gasteiger partial charge < -0.3 is 14.8 Å². The third kappa shape index (κ3) is 4.28. The molecule has 144 valence electrons. The van der Waals surface area contributed by atoms with Gasteiger partial charge in [0.2, 0.25) is 22.7 Å². The number of hydrogen-bond donors (Lipinski definition) is 1. The number of anilines is 2. The smallest absolute Gasteiger partial charge is 0.248 e. The summed E-state index contributed by atoms with van der Waals surface area (Å²) in [4.78, 5) is 12.9. The first-order chi connectivity index (χ1) is 12.8. The van der Waals surface area contributed by atoms with Gasteiger partial charge in [0.25, 0.3) is 0 Å². The lowest BCUT2D eigenvalue weighted by atomic mass is 10.1. The predicted octanol–water partition coefficient (Wildman–Crippen LogP) is 3.25. The molecule has 7 nitrogen and oxygen atoms in total. The summed E-state index contributed by atoms with van der Waals surface area (Å²) in [6, 6.07) is 10.4. The van der Waals surface area contributed by atoms with E-state index in [9.17, 15) is 13.2 Å². The summed E-state index contributed by atoms with van der Waals surface area (Å²) in [5.74, 6) is 0.661. The standard InChI is InChI=1S/C18H19ClN2O5S/c1-3-15(21(27(2,23)24)14-6-4-5-12(19)9-14)18(22)20-13-7-8-16-17(10-13)26-11-25-16/h4-10,15H,3,11H2,1-2H3,(H,20,22)/t15-/m1/s1. The fourth-order valence-corrected chi connectivity index (χ4v) is 4.26. The molecule has 1 aliphatic rings. The number of rotatable bonds is 6. The van der Waals surface area contributed by atoms with Crippen molar-refractivity contribution in [3.8, 4) is 11.5 Å². The van der Waals surface area contributed by atoms with Crippen molar-refractivity contribution in [1.29, 1.82) is 0 Å². The van der Waals surface area contributed by atoms with Crippen LogP contribution >= 0.6 is 11.6 Å². The van der Waals surface area contributed by atoms with Gasteiger partial charge in [-0.3, -0.25) is 9.10 Å². The molecule has 0 saturated heterocycles. The lowest BCUT2D eigenvalue weighted by molar-refractivity contribution is -0.117. The summed E-state index contributed by atoms with van der Waals surface area (Å²) in [7, 11) is -3.72. The SMILES string of the molecule is CC[C@H](C(=O)Nc1ccc2c(c1)OCO2)N(c1cccc(Cl)c1)S(C)(=O)=O. The lowest BCUT2D eigenvalue weighted by Gasteiger charge is -2.30. The van der Waals surface area contributed by atoms with Crippen molar-refractivity contribution in [2.45, 2.75) is 19.4 Å². The second-order valence-corrected chi connectivity index (χ2v) is 8.32. The molecule has 3 rings (SSSR count). The van der Waals surface area contributed by atoms with Gasteiger partial charge in [-0.15, -0.1) is 0 Å². The van der Waals surface area contributed by atoms with Gasteiger partial charge in [0.1, 0.15) is 6.04 Å². The lowest BCUT2D eigenvalue weighted by Crippen LogP contribution is -2.47. The molecule has 0 radical (unpaired) electrons. The van der Waals surface area contributed by atoms with E-state index in [1.165, 1.54) is 6.07 Å². The number of nitrogens with one attached hydrogen (secondary N) is 1. The number of fused-ring (bicyclic) bond motifs is 1. The summed E-state index contributed by atoms with van der Waals surface area (Å²) < 4.78 is 36.5. The maximum absolute atomic E-state index is 12.9. The molecule has 1 N–H and O–H groups in total. The van der Waals surface area contributed by atoms with E-state index in [1.54, 1.807) is 43.3 Å². The normalized spacial score (nSPS) is 13.9. The van der Waals surface area contributed by atoms with Gasteiger partial charge in [0.15, 0.2) is 11.5 Å². The second kappa shape index (κ2) is 7.66. The van der Waals surface area contributed by atoms with E-state index in [0.29, 0.717) is 27.9 Å². The number of benzene rings is 2. The van der Waals surface area contributed by atoms with Gasteiger partial charge in [0, 0.05) is 16.8 Å². The maximum Gasteiger partial charge on any atom is 0.248 e. The van der Waals surface area contributed by atoms with Gasteiger partial charge in [-0.05, 0) is 36.8 Å². The molecule has 2 aromatic carbocycles. The molecule has 9 heteroatoms. The van der Waals surface area contributed by atoms with E-state index >= 15 is 0 Å². The topological polar surface area (TPSA) is 84.9 Å². The van der Waals surface area contributed by atoms with Crippen molar-refractivity contribution in [1.82, 2.24) is 0 Å². The zero-order valence-corrected chi connectivity index (χ0v) is 16.4. The minimum atomic E-state index is -3.72. The fourth-order valence-electron chi connectivity index (χ4n) is 2.87. The minimum absolute atomic E-state index is 0.126. The van der Waals surface area contributed by atoms with E-state index in [2.05, 4.69) is 5.32 Å². The molecule has 0 spiro atoms. The van der Waals surface area contributed by atoms with Crippen molar-refractivity contribution in [3.63, 3.8) is 0 Å². The summed E-state index contributed by atoms with van der Waals surface area (Å²) in [6.07, 6.45) is 1.33. The number of carbonyl (C=O) groups excluding carboxylic acids is 1. The third-order valence-corrected chi connectivity index (χ3v) is 5.45. The van der Waals surface area contributed by atoms with Crippen molar-refractivity contribution in [2.24, 2.45) is 0 Å². The molecule has 1 aliphatic heterocycles. The van der Waals surface area contributed by atoms with Crippen LogP contribution in [0, 0.1) is 0 Å². The van der Waals surface area contributed by atoms with Gasteiger partial charge in [-0.25, -0.2) is 8.42 Å². The number of amides is 1. The molecule has 0 fully saturated rings. The van der Waals surface area contributed by atoms with Gasteiger partial charge >= 0.3 is 0 Å². The van der Waals surface area contributed by atoms with E-state index in [0.717, 1.165) is 10.6 Å². The van der Waals surface area contributed by atoms with E-state index < -0.39 is 22.0 Å². The van der Waals surface area contributed by atoms with Crippen LogP contribution in [0.1, 0.15) is 13.3 Å². The number of halogens is 1. The zero-order chi connectivity index (χ0) is 19.6. The van der Waals surface area contributed by atoms with Crippen molar-refractivity contribution < 1.29 is 22.7 Å². The largest absolute Gasteiger partial charge is 0.454 e. The molecule has 27 heavy (non-hydrogen) atoms. The highest BCUT2D eigenvalue weighted by Gasteiger charge is 2.32. The molecule has 1 heterocycles. The number of carbonyl (C=O) groups is 1. The summed E-state index contributed by atoms with van der Waals surface area (Å²) >= 11 is 6.00. The molecule has 1 amide bonds. The van der Waals surface area contributed by atoms with Crippen LogP contribution < -0.4 is 19.1 Å². The van der Waals surface area contributed by atoms with Crippen LogP contribution in [0.3, 0.4) is 0 Å². The first-order valence-electron chi connectivity index (χ1n) is 8.25. The first-order valence-corrected chi connectivity index (χ1v) is 10.5. The summed E-state index contributed by atoms with van der Waals surface area (Å²) in [5.41, 5.74) is 0.819. The van der Waals surface area contributed by atoms with Crippen molar-refractivity contribution >= 4 is 38.9 Å². The van der Waals surface area contributed by atoms with Crippen LogP contribution in [0.25, 0.3) is 0 Å². The average molecular weight is 411 g/mol. The van der Waals surface area contributed by atoms with Gasteiger partial charge in [-0.2, -0.15) is 0 Å². The average Bonchev–Trinajstić information content (AvgIpc) is 3.06. The molecule has 2 aromatic rings. The molecule has 0 aliphatic carbocycles. The number of hydrogen-bond acceptors (Lipinski definition) is 5. The molecule has 0 saturated carbocycles. The van der Waals surface area contributed by atoms with Gasteiger partial charge in [0.05, 0.1) is 11.9 Å². The van der Waals surface area contributed by atoms with Crippen LogP contribution in [-0.2, 0) is 14.8 Å². The number of ether oxygens (including phenoxy) is 2. The molecule has 0 unspecified atom stereocenters. The van der Waals surface area contributed by atoms with E-state index in [1.807, 2.05) is 0 Å². The molecular formula is C18H19ClN2O5S.